The highest BCUT2D eigenvalue weighted by Crippen LogP contribution is 2.22. The van der Waals surface area contributed by atoms with Gasteiger partial charge in [-0.1, -0.05) is 12.1 Å². The fraction of sp³-hybridized carbons (Fsp3) is 0.474. The zero-order valence-corrected chi connectivity index (χ0v) is 18.6. The van der Waals surface area contributed by atoms with E-state index in [4.69, 9.17) is 9.47 Å². The second-order valence-corrected chi connectivity index (χ2v) is 6.46. The predicted molar refractivity (Wildman–Crippen MR) is 117 cm³/mol. The molecule has 2 heterocycles. The van der Waals surface area contributed by atoms with Gasteiger partial charge in [-0.3, -0.25) is 9.67 Å². The molecule has 1 aliphatic rings. The number of hydrogen-bond donors (Lipinski definition) is 1. The van der Waals surface area contributed by atoms with Gasteiger partial charge in [-0.25, -0.2) is 0 Å². The fourth-order valence-electron chi connectivity index (χ4n) is 3.14. The Bertz CT molecular complexity index is 777. The molecule has 0 amide bonds. The number of halogens is 1. The summed E-state index contributed by atoms with van der Waals surface area (Å²) in [6.07, 6.45) is 3.88. The van der Waals surface area contributed by atoms with Gasteiger partial charge in [-0.15, -0.1) is 24.0 Å². The molecule has 2 aromatic rings. The highest BCUT2D eigenvalue weighted by molar-refractivity contribution is 14.0. The van der Waals surface area contributed by atoms with Crippen molar-refractivity contribution in [3.63, 3.8) is 0 Å². The summed E-state index contributed by atoms with van der Waals surface area (Å²) < 4.78 is 13.1. The normalized spacial score (nSPS) is 17.4. The van der Waals surface area contributed by atoms with Gasteiger partial charge < -0.3 is 19.7 Å². The molecule has 7 nitrogen and oxygen atoms in total. The Balaban J connectivity index is 0.00000261. The number of nitrogens with one attached hydrogen (secondary N) is 1. The molecular formula is C19H28IN5O2. The van der Waals surface area contributed by atoms with Crippen molar-refractivity contribution in [3.05, 3.63) is 47.3 Å². The van der Waals surface area contributed by atoms with Crippen molar-refractivity contribution in [1.82, 2.24) is 20.0 Å². The zero-order valence-electron chi connectivity index (χ0n) is 16.3. The Kier molecular flexibility index (Phi) is 7.91. The molecule has 148 valence electrons. The molecule has 1 aliphatic heterocycles. The summed E-state index contributed by atoms with van der Waals surface area (Å²) in [6.45, 7) is 4.97. The SMILES string of the molecule is CN=C(NCc1ccc(C)c(OC)c1)N1CCOC(c2cnn(C)c2)C1.I. The number of ether oxygens (including phenoxy) is 2. The van der Waals surface area contributed by atoms with Gasteiger partial charge in [0.15, 0.2) is 5.96 Å². The molecule has 3 rings (SSSR count). The maximum atomic E-state index is 5.91. The fourth-order valence-corrected chi connectivity index (χ4v) is 3.14. The number of rotatable bonds is 4. The summed E-state index contributed by atoms with van der Waals surface area (Å²) in [5, 5.41) is 7.69. The van der Waals surface area contributed by atoms with Gasteiger partial charge >= 0.3 is 0 Å². The number of hydrogen-bond acceptors (Lipinski definition) is 4. The van der Waals surface area contributed by atoms with Crippen LogP contribution in [-0.4, -0.2) is 54.5 Å². The molecule has 0 aliphatic carbocycles. The quantitative estimate of drug-likeness (QED) is 0.410. The minimum Gasteiger partial charge on any atom is -0.496 e. The Hall–Kier alpha value is -1.81. The van der Waals surface area contributed by atoms with Gasteiger partial charge in [0.25, 0.3) is 0 Å². The van der Waals surface area contributed by atoms with Gasteiger partial charge in [0.2, 0.25) is 0 Å². The number of methoxy groups -OCH3 is 1. The summed E-state index contributed by atoms with van der Waals surface area (Å²) >= 11 is 0. The van der Waals surface area contributed by atoms with Crippen molar-refractivity contribution in [2.45, 2.75) is 19.6 Å². The topological polar surface area (TPSA) is 63.9 Å². The minimum atomic E-state index is 0. The van der Waals surface area contributed by atoms with Crippen LogP contribution in [0.25, 0.3) is 0 Å². The Morgan fingerprint density at radius 1 is 1.44 bits per heavy atom. The van der Waals surface area contributed by atoms with E-state index in [1.165, 1.54) is 0 Å². The summed E-state index contributed by atoms with van der Waals surface area (Å²) in [5.41, 5.74) is 3.38. The molecule has 0 saturated carbocycles. The molecule has 1 saturated heterocycles. The van der Waals surface area contributed by atoms with E-state index in [9.17, 15) is 0 Å². The predicted octanol–water partition coefficient (Wildman–Crippen LogP) is 2.50. The monoisotopic (exact) mass is 485 g/mol. The largest absolute Gasteiger partial charge is 0.496 e. The van der Waals surface area contributed by atoms with Gasteiger partial charge in [-0.05, 0) is 24.1 Å². The first kappa shape index (κ1) is 21.5. The Morgan fingerprint density at radius 2 is 2.26 bits per heavy atom. The molecule has 1 unspecified atom stereocenters. The van der Waals surface area contributed by atoms with Crippen LogP contribution < -0.4 is 10.1 Å². The van der Waals surface area contributed by atoms with Crippen LogP contribution in [0, 0.1) is 6.92 Å². The first-order valence-electron chi connectivity index (χ1n) is 8.80. The molecule has 0 spiro atoms. The van der Waals surface area contributed by atoms with E-state index in [-0.39, 0.29) is 30.1 Å². The van der Waals surface area contributed by atoms with Crippen molar-refractivity contribution in [3.8, 4) is 5.75 Å². The molecule has 1 aromatic carbocycles. The second kappa shape index (κ2) is 9.93. The van der Waals surface area contributed by atoms with Crippen molar-refractivity contribution < 1.29 is 9.47 Å². The number of benzene rings is 1. The number of nitrogens with zero attached hydrogens (tertiary/aromatic N) is 4. The van der Waals surface area contributed by atoms with Crippen LogP contribution in [0.1, 0.15) is 22.8 Å². The first-order valence-corrected chi connectivity index (χ1v) is 8.80. The third-order valence-corrected chi connectivity index (χ3v) is 4.60. The lowest BCUT2D eigenvalue weighted by Crippen LogP contribution is -2.47. The number of aliphatic imine (C=N–C) groups is 1. The average molecular weight is 485 g/mol. The zero-order chi connectivity index (χ0) is 18.5. The maximum Gasteiger partial charge on any atom is 0.194 e. The third-order valence-electron chi connectivity index (χ3n) is 4.60. The summed E-state index contributed by atoms with van der Waals surface area (Å²) in [6, 6.07) is 6.25. The Labute approximate surface area is 177 Å². The van der Waals surface area contributed by atoms with Gasteiger partial charge in [0.1, 0.15) is 11.9 Å². The smallest absolute Gasteiger partial charge is 0.194 e. The molecule has 1 N–H and O–H groups in total. The number of guanidine groups is 1. The Morgan fingerprint density at radius 3 is 2.93 bits per heavy atom. The molecule has 27 heavy (non-hydrogen) atoms. The van der Waals surface area contributed by atoms with Crippen LogP contribution in [0.4, 0.5) is 0 Å². The second-order valence-electron chi connectivity index (χ2n) is 6.46. The molecule has 0 bridgehead atoms. The molecule has 1 fully saturated rings. The molecule has 1 aromatic heterocycles. The lowest BCUT2D eigenvalue weighted by Gasteiger charge is -2.34. The van der Waals surface area contributed by atoms with E-state index in [1.807, 2.05) is 33.4 Å². The third kappa shape index (κ3) is 5.35. The van der Waals surface area contributed by atoms with Crippen molar-refractivity contribution in [2.75, 3.05) is 33.9 Å². The molecule has 0 radical (unpaired) electrons. The highest BCUT2D eigenvalue weighted by Gasteiger charge is 2.25. The standard InChI is InChI=1S/C19H27N5O2.HI/c1-14-5-6-15(9-17(14)25-4)10-21-19(20-2)24-7-8-26-18(13-24)16-11-22-23(3)12-16;/h5-6,9,11-12,18H,7-8,10,13H2,1-4H3,(H,20,21);1H. The van der Waals surface area contributed by atoms with Gasteiger partial charge in [0.05, 0.1) is 26.5 Å². The van der Waals surface area contributed by atoms with E-state index in [1.54, 1.807) is 11.8 Å². The van der Waals surface area contributed by atoms with Crippen LogP contribution in [-0.2, 0) is 18.3 Å². The van der Waals surface area contributed by atoms with Crippen molar-refractivity contribution in [1.29, 1.82) is 0 Å². The van der Waals surface area contributed by atoms with E-state index >= 15 is 0 Å². The van der Waals surface area contributed by atoms with Crippen LogP contribution in [0.5, 0.6) is 5.75 Å². The highest BCUT2D eigenvalue weighted by atomic mass is 127. The van der Waals surface area contributed by atoms with E-state index in [2.05, 4.69) is 38.5 Å². The van der Waals surface area contributed by atoms with Crippen LogP contribution in [0.15, 0.2) is 35.6 Å². The number of morpholine rings is 1. The van der Waals surface area contributed by atoms with E-state index in [0.717, 1.165) is 41.5 Å². The summed E-state index contributed by atoms with van der Waals surface area (Å²) in [5.74, 6) is 1.78. The van der Waals surface area contributed by atoms with Gasteiger partial charge in [-0.2, -0.15) is 5.10 Å². The van der Waals surface area contributed by atoms with Crippen molar-refractivity contribution >= 4 is 29.9 Å². The van der Waals surface area contributed by atoms with Crippen molar-refractivity contribution in [2.24, 2.45) is 12.0 Å². The number of aryl methyl sites for hydroxylation is 2. The molecule has 1 atom stereocenters. The van der Waals surface area contributed by atoms with E-state index < -0.39 is 0 Å². The van der Waals surface area contributed by atoms with Gasteiger partial charge in [0, 0.05) is 38.9 Å². The molecular weight excluding hydrogens is 457 g/mol. The summed E-state index contributed by atoms with van der Waals surface area (Å²) in [7, 11) is 5.43. The molecule has 8 heteroatoms. The van der Waals surface area contributed by atoms with E-state index in [0.29, 0.717) is 13.2 Å². The van der Waals surface area contributed by atoms with Crippen LogP contribution in [0.3, 0.4) is 0 Å². The van der Waals surface area contributed by atoms with Crippen LogP contribution >= 0.6 is 24.0 Å². The minimum absolute atomic E-state index is 0. The lowest BCUT2D eigenvalue weighted by atomic mass is 10.1. The van der Waals surface area contributed by atoms with Crippen LogP contribution in [0.2, 0.25) is 0 Å². The summed E-state index contributed by atoms with van der Waals surface area (Å²) in [4.78, 5) is 6.67. The number of aromatic nitrogens is 2. The lowest BCUT2D eigenvalue weighted by molar-refractivity contribution is -0.00805. The average Bonchev–Trinajstić information content (AvgIpc) is 3.10. The first-order chi connectivity index (χ1) is 12.6. The maximum absolute atomic E-state index is 5.91.